The van der Waals surface area contributed by atoms with E-state index in [0.717, 1.165) is 31.2 Å². The number of aryl methyl sites for hydroxylation is 2. The molecule has 104 valence electrons. The molecule has 0 unspecified atom stereocenters. The zero-order valence-corrected chi connectivity index (χ0v) is 12.9. The quantitative estimate of drug-likeness (QED) is 0.878. The molecule has 0 aliphatic heterocycles. The minimum Gasteiger partial charge on any atom is -0.465 e. The monoisotopic (exact) mass is 278 g/mol. The van der Waals surface area contributed by atoms with Crippen molar-refractivity contribution >= 4 is 11.3 Å². The number of furan rings is 1. The highest BCUT2D eigenvalue weighted by molar-refractivity contribution is 7.12. The Hall–Kier alpha value is -1.10. The van der Waals surface area contributed by atoms with Crippen molar-refractivity contribution in [2.75, 3.05) is 14.1 Å². The van der Waals surface area contributed by atoms with Crippen LogP contribution in [0, 0.1) is 13.8 Å². The molecular formula is C15H22N2OS. The van der Waals surface area contributed by atoms with Crippen LogP contribution in [0.1, 0.15) is 26.8 Å². The van der Waals surface area contributed by atoms with Crippen molar-refractivity contribution in [3.8, 4) is 0 Å². The summed E-state index contributed by atoms with van der Waals surface area (Å²) >= 11 is 1.88. The van der Waals surface area contributed by atoms with Crippen LogP contribution in [0.2, 0.25) is 0 Å². The lowest BCUT2D eigenvalue weighted by atomic mass is 10.2. The summed E-state index contributed by atoms with van der Waals surface area (Å²) in [6.45, 7) is 6.95. The van der Waals surface area contributed by atoms with Gasteiger partial charge in [0.15, 0.2) is 0 Å². The largest absolute Gasteiger partial charge is 0.465 e. The third kappa shape index (κ3) is 3.93. The first-order chi connectivity index (χ1) is 9.08. The van der Waals surface area contributed by atoms with Crippen molar-refractivity contribution in [3.05, 3.63) is 45.0 Å². The minimum atomic E-state index is 0.852. The highest BCUT2D eigenvalue weighted by atomic mass is 32.1. The van der Waals surface area contributed by atoms with Gasteiger partial charge in [0.2, 0.25) is 0 Å². The topological polar surface area (TPSA) is 28.4 Å². The Bertz CT molecular complexity index is 530. The standard InChI is InChI=1S/C15H22N2OS/c1-11-5-6-14(18-11)10-17(4)9-13-7-15(8-16-3)19-12(13)2/h5-7,16H,8-10H2,1-4H3. The maximum absolute atomic E-state index is 5.62. The first-order valence-electron chi connectivity index (χ1n) is 6.55. The summed E-state index contributed by atoms with van der Waals surface area (Å²) in [6, 6.07) is 6.38. The second kappa shape index (κ2) is 6.37. The predicted molar refractivity (Wildman–Crippen MR) is 80.4 cm³/mol. The summed E-state index contributed by atoms with van der Waals surface area (Å²) in [5.41, 5.74) is 1.42. The summed E-state index contributed by atoms with van der Waals surface area (Å²) in [6.07, 6.45) is 0. The van der Waals surface area contributed by atoms with Gasteiger partial charge in [-0.2, -0.15) is 0 Å². The Kier molecular flexibility index (Phi) is 4.80. The van der Waals surface area contributed by atoms with Crippen LogP contribution in [0.3, 0.4) is 0 Å². The highest BCUT2D eigenvalue weighted by Gasteiger charge is 2.09. The average Bonchev–Trinajstić information content (AvgIpc) is 2.87. The highest BCUT2D eigenvalue weighted by Crippen LogP contribution is 2.23. The molecule has 0 saturated heterocycles. The Morgan fingerprint density at radius 1 is 1.26 bits per heavy atom. The van der Waals surface area contributed by atoms with Crippen molar-refractivity contribution in [1.82, 2.24) is 10.2 Å². The molecule has 0 atom stereocenters. The van der Waals surface area contributed by atoms with E-state index in [1.807, 2.05) is 31.4 Å². The zero-order chi connectivity index (χ0) is 13.8. The van der Waals surface area contributed by atoms with Gasteiger partial charge in [0.1, 0.15) is 11.5 Å². The van der Waals surface area contributed by atoms with E-state index in [4.69, 9.17) is 4.42 Å². The number of thiophene rings is 1. The molecule has 0 spiro atoms. The van der Waals surface area contributed by atoms with Gasteiger partial charge in [-0.15, -0.1) is 11.3 Å². The molecule has 2 aromatic heterocycles. The summed E-state index contributed by atoms with van der Waals surface area (Å²) in [4.78, 5) is 5.10. The van der Waals surface area contributed by atoms with E-state index in [1.54, 1.807) is 0 Å². The van der Waals surface area contributed by atoms with E-state index in [9.17, 15) is 0 Å². The zero-order valence-electron chi connectivity index (χ0n) is 12.1. The maximum atomic E-state index is 5.62. The lowest BCUT2D eigenvalue weighted by Gasteiger charge is -2.14. The molecule has 19 heavy (non-hydrogen) atoms. The van der Waals surface area contributed by atoms with Crippen LogP contribution in [0.5, 0.6) is 0 Å². The molecule has 0 fully saturated rings. The van der Waals surface area contributed by atoms with Gasteiger partial charge in [-0.25, -0.2) is 0 Å². The molecule has 2 aromatic rings. The number of hydrogen-bond acceptors (Lipinski definition) is 4. The van der Waals surface area contributed by atoms with E-state index >= 15 is 0 Å². The van der Waals surface area contributed by atoms with Crippen LogP contribution in [0.25, 0.3) is 0 Å². The molecule has 4 heteroatoms. The molecule has 0 amide bonds. The Morgan fingerprint density at radius 3 is 2.68 bits per heavy atom. The van der Waals surface area contributed by atoms with E-state index in [2.05, 4.69) is 36.3 Å². The van der Waals surface area contributed by atoms with Gasteiger partial charge in [0, 0.05) is 22.8 Å². The minimum absolute atomic E-state index is 0.852. The van der Waals surface area contributed by atoms with Gasteiger partial charge < -0.3 is 9.73 Å². The molecule has 2 rings (SSSR count). The molecule has 0 aliphatic rings. The smallest absolute Gasteiger partial charge is 0.118 e. The van der Waals surface area contributed by atoms with E-state index < -0.39 is 0 Å². The van der Waals surface area contributed by atoms with Crippen molar-refractivity contribution < 1.29 is 4.42 Å². The third-order valence-electron chi connectivity index (χ3n) is 3.08. The van der Waals surface area contributed by atoms with Crippen LogP contribution in [0.4, 0.5) is 0 Å². The van der Waals surface area contributed by atoms with Crippen LogP contribution in [-0.2, 0) is 19.6 Å². The van der Waals surface area contributed by atoms with Gasteiger partial charge in [0.05, 0.1) is 6.54 Å². The van der Waals surface area contributed by atoms with E-state index in [-0.39, 0.29) is 0 Å². The van der Waals surface area contributed by atoms with Crippen molar-refractivity contribution in [3.63, 3.8) is 0 Å². The summed E-state index contributed by atoms with van der Waals surface area (Å²) in [5, 5.41) is 3.20. The molecule has 0 radical (unpaired) electrons. The van der Waals surface area contributed by atoms with E-state index in [1.165, 1.54) is 15.3 Å². The molecule has 0 bridgehead atoms. The SMILES string of the molecule is CNCc1cc(CN(C)Cc2ccc(C)o2)c(C)s1. The summed E-state index contributed by atoms with van der Waals surface area (Å²) in [7, 11) is 4.12. The Morgan fingerprint density at radius 2 is 2.05 bits per heavy atom. The van der Waals surface area contributed by atoms with E-state index in [0.29, 0.717) is 0 Å². The van der Waals surface area contributed by atoms with Crippen LogP contribution < -0.4 is 5.32 Å². The van der Waals surface area contributed by atoms with Crippen LogP contribution in [-0.4, -0.2) is 19.0 Å². The van der Waals surface area contributed by atoms with Gasteiger partial charge in [-0.05, 0) is 51.7 Å². The molecule has 0 aliphatic carbocycles. The van der Waals surface area contributed by atoms with Gasteiger partial charge in [-0.3, -0.25) is 4.90 Å². The molecule has 0 saturated carbocycles. The van der Waals surface area contributed by atoms with Gasteiger partial charge in [0.25, 0.3) is 0 Å². The van der Waals surface area contributed by atoms with Crippen LogP contribution >= 0.6 is 11.3 Å². The Balaban J connectivity index is 1.96. The van der Waals surface area contributed by atoms with Crippen molar-refractivity contribution in [2.45, 2.75) is 33.5 Å². The second-order valence-electron chi connectivity index (χ2n) is 5.01. The van der Waals surface area contributed by atoms with Crippen LogP contribution in [0.15, 0.2) is 22.6 Å². The average molecular weight is 278 g/mol. The molecule has 2 heterocycles. The summed E-state index contributed by atoms with van der Waals surface area (Å²) < 4.78 is 5.62. The molecule has 0 aromatic carbocycles. The second-order valence-corrected chi connectivity index (χ2v) is 6.35. The number of nitrogens with one attached hydrogen (secondary N) is 1. The van der Waals surface area contributed by atoms with Gasteiger partial charge >= 0.3 is 0 Å². The molecular weight excluding hydrogens is 256 g/mol. The third-order valence-corrected chi connectivity index (χ3v) is 4.18. The first-order valence-corrected chi connectivity index (χ1v) is 7.36. The predicted octanol–water partition coefficient (Wildman–Crippen LogP) is 3.31. The lowest BCUT2D eigenvalue weighted by Crippen LogP contribution is -2.16. The first kappa shape index (κ1) is 14.3. The summed E-state index contributed by atoms with van der Waals surface area (Å²) in [5.74, 6) is 2.01. The van der Waals surface area contributed by atoms with Crippen molar-refractivity contribution in [1.29, 1.82) is 0 Å². The number of nitrogens with zero attached hydrogens (tertiary/aromatic N) is 1. The fraction of sp³-hybridized carbons (Fsp3) is 0.467. The fourth-order valence-electron chi connectivity index (χ4n) is 2.19. The molecule has 1 N–H and O–H groups in total. The fourth-order valence-corrected chi connectivity index (χ4v) is 3.25. The maximum Gasteiger partial charge on any atom is 0.118 e. The Labute approximate surface area is 119 Å². The number of hydrogen-bond donors (Lipinski definition) is 1. The number of rotatable bonds is 6. The normalized spacial score (nSPS) is 11.4. The molecule has 3 nitrogen and oxygen atoms in total. The lowest BCUT2D eigenvalue weighted by molar-refractivity contribution is 0.285. The van der Waals surface area contributed by atoms with Crippen molar-refractivity contribution in [2.24, 2.45) is 0 Å². The van der Waals surface area contributed by atoms with Gasteiger partial charge in [-0.1, -0.05) is 0 Å².